The molecule has 1 fully saturated rings. The zero-order valence-corrected chi connectivity index (χ0v) is 14.6. The quantitative estimate of drug-likeness (QED) is 0.757. The van der Waals surface area contributed by atoms with Crippen molar-refractivity contribution in [3.8, 4) is 11.4 Å². The third-order valence-electron chi connectivity index (χ3n) is 4.92. The fraction of sp³-hybridized carbons (Fsp3) is 0.500. The van der Waals surface area contributed by atoms with Crippen molar-refractivity contribution < 1.29 is 9.63 Å². The predicted octanol–water partition coefficient (Wildman–Crippen LogP) is 2.28. The van der Waals surface area contributed by atoms with Crippen LogP contribution in [0, 0.1) is 0 Å². The van der Waals surface area contributed by atoms with Crippen molar-refractivity contribution in [2.75, 3.05) is 19.7 Å². The molecule has 1 aliphatic rings. The molecule has 2 N–H and O–H groups in total. The summed E-state index contributed by atoms with van der Waals surface area (Å²) < 4.78 is 7.37. The van der Waals surface area contributed by atoms with Crippen molar-refractivity contribution in [2.24, 2.45) is 0 Å². The number of aliphatic hydroxyl groups is 1. The highest BCUT2D eigenvalue weighted by Crippen LogP contribution is 2.29. The van der Waals surface area contributed by atoms with E-state index in [9.17, 15) is 5.11 Å². The number of benzene rings is 1. The first-order chi connectivity index (χ1) is 12.1. The van der Waals surface area contributed by atoms with Crippen LogP contribution in [0.3, 0.4) is 0 Å². The van der Waals surface area contributed by atoms with Crippen LogP contribution in [0.4, 0.5) is 0 Å². The van der Waals surface area contributed by atoms with Crippen molar-refractivity contribution in [1.29, 1.82) is 0 Å². The Balaban J connectivity index is 1.70. The maximum absolute atomic E-state index is 9.65. The molecule has 1 saturated heterocycles. The molecule has 0 amide bonds. The van der Waals surface area contributed by atoms with Gasteiger partial charge in [0.25, 0.3) is 0 Å². The largest absolute Gasteiger partial charge is 0.394 e. The molecule has 25 heavy (non-hydrogen) atoms. The van der Waals surface area contributed by atoms with Crippen molar-refractivity contribution in [2.45, 2.75) is 38.1 Å². The number of aromatic nitrogens is 4. The summed E-state index contributed by atoms with van der Waals surface area (Å²) in [4.78, 5) is 4.62. The molecule has 0 radical (unpaired) electrons. The van der Waals surface area contributed by atoms with Gasteiger partial charge in [-0.05, 0) is 45.8 Å². The summed E-state index contributed by atoms with van der Waals surface area (Å²) >= 11 is 0. The molecule has 0 atom stereocenters. The summed E-state index contributed by atoms with van der Waals surface area (Å²) in [5.41, 5.74) is 1.37. The van der Waals surface area contributed by atoms with Crippen LogP contribution >= 0.6 is 0 Å². The summed E-state index contributed by atoms with van der Waals surface area (Å²) in [6.07, 6.45) is 3.86. The molecule has 0 aliphatic carbocycles. The molecule has 0 spiro atoms. The highest BCUT2D eigenvalue weighted by atomic mass is 16.5. The summed E-state index contributed by atoms with van der Waals surface area (Å²) in [6.45, 7) is 5.90. The second-order valence-electron chi connectivity index (χ2n) is 7.28. The molecule has 3 heterocycles. The molecule has 2 aromatic heterocycles. The molecule has 0 unspecified atom stereocenters. The van der Waals surface area contributed by atoms with Crippen LogP contribution in [0.5, 0.6) is 0 Å². The highest BCUT2D eigenvalue weighted by Gasteiger charge is 2.24. The van der Waals surface area contributed by atoms with Gasteiger partial charge in [-0.25, -0.2) is 0 Å². The van der Waals surface area contributed by atoms with E-state index in [0.717, 1.165) is 48.3 Å². The Morgan fingerprint density at radius 2 is 2.12 bits per heavy atom. The van der Waals surface area contributed by atoms with Gasteiger partial charge in [0.2, 0.25) is 11.7 Å². The monoisotopic (exact) mass is 341 g/mol. The summed E-state index contributed by atoms with van der Waals surface area (Å²) in [7, 11) is 0. The van der Waals surface area contributed by atoms with Gasteiger partial charge in [0, 0.05) is 16.9 Å². The van der Waals surface area contributed by atoms with E-state index in [4.69, 9.17) is 4.52 Å². The SMILES string of the molecule is CC(C)(CO)n1ncc2ccc(-c3noc(C4CCNCC4)n3)cc21. The predicted molar refractivity (Wildman–Crippen MR) is 94.3 cm³/mol. The summed E-state index contributed by atoms with van der Waals surface area (Å²) in [6, 6.07) is 6.00. The van der Waals surface area contributed by atoms with Crippen LogP contribution < -0.4 is 5.32 Å². The van der Waals surface area contributed by atoms with Crippen molar-refractivity contribution in [3.05, 3.63) is 30.3 Å². The van der Waals surface area contributed by atoms with Gasteiger partial charge in [0.05, 0.1) is 23.9 Å². The average Bonchev–Trinajstić information content (AvgIpc) is 3.29. The van der Waals surface area contributed by atoms with Gasteiger partial charge in [-0.3, -0.25) is 4.68 Å². The number of rotatable bonds is 4. The van der Waals surface area contributed by atoms with E-state index in [2.05, 4.69) is 20.6 Å². The fourth-order valence-electron chi connectivity index (χ4n) is 3.29. The van der Waals surface area contributed by atoms with Crippen molar-refractivity contribution in [1.82, 2.24) is 25.2 Å². The first kappa shape index (κ1) is 16.2. The molecular weight excluding hydrogens is 318 g/mol. The van der Waals surface area contributed by atoms with E-state index in [1.54, 1.807) is 0 Å². The zero-order chi connectivity index (χ0) is 17.4. The summed E-state index contributed by atoms with van der Waals surface area (Å²) in [5, 5.41) is 22.6. The van der Waals surface area contributed by atoms with Crippen LogP contribution in [0.2, 0.25) is 0 Å². The van der Waals surface area contributed by atoms with Crippen LogP contribution in [0.25, 0.3) is 22.3 Å². The van der Waals surface area contributed by atoms with Gasteiger partial charge >= 0.3 is 0 Å². The van der Waals surface area contributed by atoms with Gasteiger partial charge in [-0.2, -0.15) is 10.1 Å². The highest BCUT2D eigenvalue weighted by molar-refractivity contribution is 5.83. The molecule has 7 heteroatoms. The minimum atomic E-state index is -0.474. The summed E-state index contributed by atoms with van der Waals surface area (Å²) in [5.74, 6) is 1.66. The average molecular weight is 341 g/mol. The van der Waals surface area contributed by atoms with Crippen LogP contribution in [-0.4, -0.2) is 44.7 Å². The van der Waals surface area contributed by atoms with Gasteiger partial charge in [0.15, 0.2) is 0 Å². The number of nitrogens with zero attached hydrogens (tertiary/aromatic N) is 4. The molecule has 7 nitrogen and oxygen atoms in total. The van der Waals surface area contributed by atoms with Crippen LogP contribution in [0.1, 0.15) is 38.5 Å². The lowest BCUT2D eigenvalue weighted by Crippen LogP contribution is -2.31. The standard InChI is InChI=1S/C18H23N5O2/c1-18(2,11-24)23-15-9-13(3-4-14(15)10-20-23)16-21-17(25-22-16)12-5-7-19-8-6-12/h3-4,9-10,12,19,24H,5-8,11H2,1-2H3. The van der Waals surface area contributed by atoms with Gasteiger partial charge in [0.1, 0.15) is 0 Å². The van der Waals surface area contributed by atoms with E-state index in [1.807, 2.05) is 42.9 Å². The van der Waals surface area contributed by atoms with Crippen LogP contribution in [0.15, 0.2) is 28.9 Å². The Morgan fingerprint density at radius 1 is 1.32 bits per heavy atom. The lowest BCUT2D eigenvalue weighted by atomic mass is 9.98. The second-order valence-corrected chi connectivity index (χ2v) is 7.28. The number of hydrogen-bond donors (Lipinski definition) is 2. The van der Waals surface area contributed by atoms with E-state index < -0.39 is 5.54 Å². The molecule has 1 aromatic carbocycles. The normalized spacial score (nSPS) is 16.6. The lowest BCUT2D eigenvalue weighted by molar-refractivity contribution is 0.156. The van der Waals surface area contributed by atoms with Gasteiger partial charge in [-0.15, -0.1) is 0 Å². The molecule has 0 saturated carbocycles. The minimum absolute atomic E-state index is 0.0100. The molecule has 4 rings (SSSR count). The molecule has 3 aromatic rings. The smallest absolute Gasteiger partial charge is 0.230 e. The Morgan fingerprint density at radius 3 is 2.88 bits per heavy atom. The zero-order valence-electron chi connectivity index (χ0n) is 14.6. The van der Waals surface area contributed by atoms with Crippen molar-refractivity contribution in [3.63, 3.8) is 0 Å². The van der Waals surface area contributed by atoms with E-state index >= 15 is 0 Å². The molecular formula is C18H23N5O2. The van der Waals surface area contributed by atoms with Gasteiger partial charge < -0.3 is 14.9 Å². The number of nitrogens with one attached hydrogen (secondary N) is 1. The topological polar surface area (TPSA) is 89.0 Å². The lowest BCUT2D eigenvalue weighted by Gasteiger charge is -2.23. The first-order valence-electron chi connectivity index (χ1n) is 8.72. The molecule has 0 bridgehead atoms. The Labute approximate surface area is 146 Å². The number of hydrogen-bond acceptors (Lipinski definition) is 6. The number of aliphatic hydroxyl groups excluding tert-OH is 1. The maximum atomic E-state index is 9.65. The van der Waals surface area contributed by atoms with Crippen LogP contribution in [-0.2, 0) is 5.54 Å². The first-order valence-corrected chi connectivity index (χ1v) is 8.72. The Hall–Kier alpha value is -2.25. The van der Waals surface area contributed by atoms with Crippen molar-refractivity contribution >= 4 is 10.9 Å². The Bertz CT molecular complexity index is 877. The van der Waals surface area contributed by atoms with E-state index in [1.165, 1.54) is 0 Å². The van der Waals surface area contributed by atoms with E-state index in [-0.39, 0.29) is 6.61 Å². The fourth-order valence-corrected chi connectivity index (χ4v) is 3.29. The number of piperidine rings is 1. The van der Waals surface area contributed by atoms with Gasteiger partial charge in [-0.1, -0.05) is 17.3 Å². The number of fused-ring (bicyclic) bond motifs is 1. The third kappa shape index (κ3) is 2.94. The Kier molecular flexibility index (Phi) is 4.05. The maximum Gasteiger partial charge on any atom is 0.230 e. The third-order valence-corrected chi connectivity index (χ3v) is 4.92. The minimum Gasteiger partial charge on any atom is -0.394 e. The molecule has 132 valence electrons. The van der Waals surface area contributed by atoms with E-state index in [0.29, 0.717) is 11.7 Å². The molecule has 1 aliphatic heterocycles. The second kappa shape index (κ2) is 6.24.